The molecule has 1 unspecified atom stereocenters. The average Bonchev–Trinajstić information content (AvgIpc) is 2.91. The Bertz CT molecular complexity index is 912. The van der Waals surface area contributed by atoms with Crippen LogP contribution in [0.1, 0.15) is 35.3 Å². The van der Waals surface area contributed by atoms with Crippen LogP contribution in [0, 0.1) is 12.7 Å². The lowest BCUT2D eigenvalue weighted by atomic mass is 9.44. The minimum atomic E-state index is -0.895. The number of carbonyl (C=O) groups is 1. The van der Waals surface area contributed by atoms with Gasteiger partial charge in [0.25, 0.3) is 5.91 Å². The molecule has 150 valence electrons. The number of aryl methyl sites for hydroxylation is 2. The highest BCUT2D eigenvalue weighted by Gasteiger charge is 2.69. The van der Waals surface area contributed by atoms with E-state index in [9.17, 15) is 14.3 Å². The van der Waals surface area contributed by atoms with Gasteiger partial charge in [-0.1, -0.05) is 11.6 Å². The average molecular weight is 409 g/mol. The molecule has 0 spiro atoms. The molecule has 9 heteroatoms. The van der Waals surface area contributed by atoms with Gasteiger partial charge in [0.2, 0.25) is 0 Å². The number of halogens is 2. The monoisotopic (exact) mass is 408 g/mol. The maximum Gasteiger partial charge on any atom is 0.255 e. The maximum absolute atomic E-state index is 13.4. The zero-order chi connectivity index (χ0) is 20.1. The molecule has 28 heavy (non-hydrogen) atoms. The summed E-state index contributed by atoms with van der Waals surface area (Å²) in [5.41, 5.74) is 0.876. The second-order valence-electron chi connectivity index (χ2n) is 7.89. The second kappa shape index (κ2) is 6.72. The van der Waals surface area contributed by atoms with E-state index in [1.165, 1.54) is 12.1 Å². The molecule has 3 aliphatic rings. The molecule has 3 fully saturated rings. The van der Waals surface area contributed by atoms with E-state index in [2.05, 4.69) is 15.7 Å². The first-order valence-electron chi connectivity index (χ1n) is 9.06. The number of aliphatic hydroxyl groups excluding tert-OH is 1. The van der Waals surface area contributed by atoms with Crippen LogP contribution in [-0.4, -0.2) is 44.7 Å². The summed E-state index contributed by atoms with van der Waals surface area (Å²) in [6.45, 7) is 1.79. The Kier molecular flexibility index (Phi) is 4.60. The van der Waals surface area contributed by atoms with E-state index in [0.717, 1.165) is 19.3 Å². The number of aliphatic hydroxyl groups is 1. The van der Waals surface area contributed by atoms with Gasteiger partial charge >= 0.3 is 0 Å². The van der Waals surface area contributed by atoms with Crippen LogP contribution in [0.2, 0.25) is 5.02 Å². The number of nitrogens with one attached hydrogen (secondary N) is 2. The number of ether oxygens (including phenoxy) is 1. The summed E-state index contributed by atoms with van der Waals surface area (Å²) in [6.07, 6.45) is 3.06. The number of benzene rings is 1. The third-order valence-corrected chi connectivity index (χ3v) is 5.75. The van der Waals surface area contributed by atoms with Gasteiger partial charge in [-0.2, -0.15) is 5.10 Å². The first-order valence-corrected chi connectivity index (χ1v) is 9.44. The van der Waals surface area contributed by atoms with Gasteiger partial charge in [-0.05, 0) is 38.3 Å². The summed E-state index contributed by atoms with van der Waals surface area (Å²) >= 11 is 5.63. The first kappa shape index (κ1) is 19.2. The van der Waals surface area contributed by atoms with E-state index in [-0.39, 0.29) is 28.6 Å². The SMILES string of the molecule is Cc1nn(C)cc1C(=O)NC12CC(NC(O)COc3ccc(Cl)c(F)c3)(C1)C2. The predicted octanol–water partition coefficient (Wildman–Crippen LogP) is 1.91. The molecule has 1 amide bonds. The molecule has 1 heterocycles. The van der Waals surface area contributed by atoms with Crippen molar-refractivity contribution in [1.82, 2.24) is 20.4 Å². The summed E-state index contributed by atoms with van der Waals surface area (Å²) in [6, 6.07) is 4.13. The zero-order valence-corrected chi connectivity index (χ0v) is 16.4. The van der Waals surface area contributed by atoms with Crippen molar-refractivity contribution in [2.24, 2.45) is 7.05 Å². The van der Waals surface area contributed by atoms with Crippen LogP contribution >= 0.6 is 11.6 Å². The van der Waals surface area contributed by atoms with Gasteiger partial charge in [-0.15, -0.1) is 0 Å². The van der Waals surface area contributed by atoms with E-state index < -0.39 is 12.0 Å². The Balaban J connectivity index is 1.24. The molecular formula is C19H22ClFN4O3. The van der Waals surface area contributed by atoms with E-state index in [1.54, 1.807) is 24.0 Å². The Morgan fingerprint density at radius 3 is 2.75 bits per heavy atom. The van der Waals surface area contributed by atoms with Crippen molar-refractivity contribution in [1.29, 1.82) is 0 Å². The predicted molar refractivity (Wildman–Crippen MR) is 101 cm³/mol. The van der Waals surface area contributed by atoms with E-state index in [4.69, 9.17) is 16.3 Å². The van der Waals surface area contributed by atoms with E-state index >= 15 is 0 Å². The molecular weight excluding hydrogens is 387 g/mol. The van der Waals surface area contributed by atoms with Gasteiger partial charge in [-0.3, -0.25) is 14.8 Å². The highest BCUT2D eigenvalue weighted by atomic mass is 35.5. The minimum absolute atomic E-state index is 0.0168. The lowest BCUT2D eigenvalue weighted by Gasteiger charge is -2.71. The minimum Gasteiger partial charge on any atom is -0.489 e. The fourth-order valence-electron chi connectivity index (χ4n) is 4.34. The molecule has 7 nitrogen and oxygen atoms in total. The van der Waals surface area contributed by atoms with Crippen molar-refractivity contribution in [3.05, 3.63) is 46.5 Å². The maximum atomic E-state index is 13.4. The van der Waals surface area contributed by atoms with Crippen molar-refractivity contribution >= 4 is 17.5 Å². The summed E-state index contributed by atoms with van der Waals surface area (Å²) in [5, 5.41) is 20.7. The number of aromatic nitrogens is 2. The number of rotatable bonds is 7. The van der Waals surface area contributed by atoms with Crippen molar-refractivity contribution in [2.45, 2.75) is 43.5 Å². The van der Waals surface area contributed by atoms with Gasteiger partial charge in [0, 0.05) is 30.4 Å². The molecule has 3 saturated carbocycles. The third kappa shape index (κ3) is 3.47. The highest BCUT2D eigenvalue weighted by molar-refractivity contribution is 6.30. The Morgan fingerprint density at radius 2 is 2.14 bits per heavy atom. The molecule has 3 N–H and O–H groups in total. The summed E-state index contributed by atoms with van der Waals surface area (Å²) < 4.78 is 20.4. The van der Waals surface area contributed by atoms with Crippen LogP contribution in [0.5, 0.6) is 5.75 Å². The standard InChI is InChI=1S/C19H22ClFN4O3/c1-11-13(6-25(2)24-11)17(27)23-19-8-18(9-19,10-19)22-16(26)7-28-12-3-4-14(20)15(21)5-12/h3-6,16,22,26H,7-10H2,1-2H3,(H,23,27). The molecule has 1 aromatic carbocycles. The molecule has 2 bridgehead atoms. The topological polar surface area (TPSA) is 88.4 Å². The van der Waals surface area contributed by atoms with E-state index in [0.29, 0.717) is 17.0 Å². The Labute approximate surface area is 166 Å². The van der Waals surface area contributed by atoms with Gasteiger partial charge in [0.15, 0.2) is 0 Å². The van der Waals surface area contributed by atoms with Gasteiger partial charge in [-0.25, -0.2) is 4.39 Å². The summed E-state index contributed by atoms with van der Waals surface area (Å²) in [4.78, 5) is 12.5. The molecule has 0 aliphatic heterocycles. The molecule has 0 saturated heterocycles. The van der Waals surface area contributed by atoms with Crippen molar-refractivity contribution in [2.75, 3.05) is 6.61 Å². The van der Waals surface area contributed by atoms with Crippen molar-refractivity contribution in [3.8, 4) is 5.75 Å². The van der Waals surface area contributed by atoms with Crippen LogP contribution in [0.3, 0.4) is 0 Å². The van der Waals surface area contributed by atoms with Crippen LogP contribution in [0.4, 0.5) is 4.39 Å². The lowest BCUT2D eigenvalue weighted by molar-refractivity contribution is -0.127. The molecule has 5 rings (SSSR count). The number of nitrogens with zero attached hydrogens (tertiary/aromatic N) is 2. The highest BCUT2D eigenvalue weighted by Crippen LogP contribution is 2.60. The fraction of sp³-hybridized carbons (Fsp3) is 0.474. The molecule has 1 atom stereocenters. The second-order valence-corrected chi connectivity index (χ2v) is 8.30. The lowest BCUT2D eigenvalue weighted by Crippen LogP contribution is -2.84. The quantitative estimate of drug-likeness (QED) is 0.609. The molecule has 3 aliphatic carbocycles. The molecule has 1 aromatic heterocycles. The fourth-order valence-corrected chi connectivity index (χ4v) is 4.46. The van der Waals surface area contributed by atoms with Gasteiger partial charge in [0.05, 0.1) is 16.3 Å². The Morgan fingerprint density at radius 1 is 1.43 bits per heavy atom. The Hall–Kier alpha value is -2.16. The number of amides is 1. The first-order chi connectivity index (χ1) is 13.2. The van der Waals surface area contributed by atoms with Crippen LogP contribution in [0.15, 0.2) is 24.4 Å². The van der Waals surface area contributed by atoms with E-state index in [1.807, 2.05) is 6.92 Å². The normalized spacial score (nSPS) is 26.2. The largest absolute Gasteiger partial charge is 0.489 e. The van der Waals surface area contributed by atoms with Crippen LogP contribution in [0.25, 0.3) is 0 Å². The van der Waals surface area contributed by atoms with Crippen LogP contribution in [-0.2, 0) is 7.05 Å². The summed E-state index contributed by atoms with van der Waals surface area (Å²) in [5.74, 6) is -0.383. The molecule has 0 radical (unpaired) electrons. The number of hydrogen-bond donors (Lipinski definition) is 3. The van der Waals surface area contributed by atoms with Gasteiger partial charge < -0.3 is 15.2 Å². The molecule has 2 aromatic rings. The smallest absolute Gasteiger partial charge is 0.255 e. The third-order valence-electron chi connectivity index (χ3n) is 5.44. The zero-order valence-electron chi connectivity index (χ0n) is 15.6. The van der Waals surface area contributed by atoms with Crippen molar-refractivity contribution < 1.29 is 19.0 Å². The van der Waals surface area contributed by atoms with Crippen molar-refractivity contribution in [3.63, 3.8) is 0 Å². The number of hydrogen-bond acceptors (Lipinski definition) is 5. The number of carbonyl (C=O) groups excluding carboxylic acids is 1. The van der Waals surface area contributed by atoms with Crippen LogP contribution < -0.4 is 15.4 Å². The van der Waals surface area contributed by atoms with Gasteiger partial charge in [0.1, 0.15) is 24.4 Å². The summed E-state index contributed by atoms with van der Waals surface area (Å²) in [7, 11) is 1.78.